The van der Waals surface area contributed by atoms with Gasteiger partial charge in [0.05, 0.1) is 12.1 Å². The molecule has 1 aliphatic rings. The van der Waals surface area contributed by atoms with E-state index < -0.39 is 36.1 Å². The van der Waals surface area contributed by atoms with Crippen LogP contribution in [0.15, 0.2) is 30.3 Å². The molecule has 8 nitrogen and oxygen atoms in total. The number of nitrogens with zero attached hydrogens (tertiary/aromatic N) is 2. The van der Waals surface area contributed by atoms with E-state index in [0.717, 1.165) is 0 Å². The van der Waals surface area contributed by atoms with Crippen molar-refractivity contribution < 1.29 is 37.0 Å². The number of ether oxygens (including phenoxy) is 1. The number of amides is 2. The van der Waals surface area contributed by atoms with Crippen LogP contribution in [0.1, 0.15) is 5.69 Å². The maximum Gasteiger partial charge on any atom is 0.459 e. The van der Waals surface area contributed by atoms with Crippen molar-refractivity contribution >= 4 is 23.8 Å². The number of benzene rings is 1. The normalized spacial score (nSPS) is 18.8. The average molecular weight is 434 g/mol. The average Bonchev–Trinajstić information content (AvgIpc) is 2.84. The number of carbonyl (C=O) groups excluding carboxylic acids is 2. The fourth-order valence-corrected chi connectivity index (χ4v) is 3.85. The third-order valence-electron chi connectivity index (χ3n) is 4.44. The second-order valence-electron chi connectivity index (χ2n) is 6.50. The maximum absolute atomic E-state index is 13.2. The molecule has 29 heavy (non-hydrogen) atoms. The molecular weight excluding hydrogens is 417 g/mol. The van der Waals surface area contributed by atoms with Gasteiger partial charge in [-0.2, -0.15) is 13.2 Å². The Morgan fingerprint density at radius 1 is 1.17 bits per heavy atom. The van der Waals surface area contributed by atoms with Crippen molar-refractivity contribution in [2.75, 3.05) is 13.1 Å². The van der Waals surface area contributed by atoms with Crippen molar-refractivity contribution in [3.63, 3.8) is 0 Å². The van der Waals surface area contributed by atoms with Gasteiger partial charge in [-0.15, -0.1) is 4.65 Å². The van der Waals surface area contributed by atoms with Gasteiger partial charge in [-0.25, -0.2) is 9.59 Å². The zero-order valence-electron chi connectivity index (χ0n) is 14.9. The number of quaternary nitrogens is 1. The Labute approximate surface area is 167 Å². The number of hydrogen-bond donors (Lipinski definition) is 2. The van der Waals surface area contributed by atoms with Crippen LogP contribution in [0.2, 0.25) is 5.15 Å². The zero-order chi connectivity index (χ0) is 21.4. The van der Waals surface area contributed by atoms with E-state index in [1.165, 1.54) is 4.57 Å². The van der Waals surface area contributed by atoms with Crippen LogP contribution < -0.4 is 16.2 Å². The standard InChI is InChI=1S/C17H16ClF3N4O4/c18-14-12(10-4-2-1-3-5-10)13(28-15(22)26)11-8-25(29-16(23)27,7-6-24(11)14)9-17(19,20)21/h1-5H,6-9H2,(H3-,22,23,26,27)/p+1. The Balaban J connectivity index is 2.15. The molecule has 0 spiro atoms. The lowest BCUT2D eigenvalue weighted by atomic mass is 10.1. The molecule has 1 unspecified atom stereocenters. The number of nitrogens with two attached hydrogens (primary N) is 2. The highest BCUT2D eigenvalue weighted by Gasteiger charge is 2.50. The van der Waals surface area contributed by atoms with E-state index >= 15 is 0 Å². The molecule has 4 N–H and O–H groups in total. The molecule has 156 valence electrons. The fraction of sp³-hybridized carbons (Fsp3) is 0.294. The Bertz CT molecular complexity index is 948. The molecule has 2 amide bonds. The van der Waals surface area contributed by atoms with Gasteiger partial charge < -0.3 is 20.8 Å². The van der Waals surface area contributed by atoms with Crippen molar-refractivity contribution in [2.45, 2.75) is 19.3 Å². The molecule has 2 heterocycles. The fourth-order valence-electron chi connectivity index (χ4n) is 3.47. The Morgan fingerprint density at radius 2 is 1.83 bits per heavy atom. The molecule has 1 aromatic heterocycles. The van der Waals surface area contributed by atoms with Crippen LogP contribution in [0.5, 0.6) is 5.75 Å². The highest BCUT2D eigenvalue weighted by atomic mass is 35.5. The quantitative estimate of drug-likeness (QED) is 0.721. The highest BCUT2D eigenvalue weighted by molar-refractivity contribution is 6.33. The number of hydroxylamine groups is 3. The van der Waals surface area contributed by atoms with Gasteiger partial charge in [0.2, 0.25) is 6.54 Å². The van der Waals surface area contributed by atoms with Gasteiger partial charge in [0.25, 0.3) is 0 Å². The lowest BCUT2D eigenvalue weighted by Gasteiger charge is -2.37. The molecule has 0 fully saturated rings. The second-order valence-corrected chi connectivity index (χ2v) is 6.86. The van der Waals surface area contributed by atoms with Crippen molar-refractivity contribution in [1.29, 1.82) is 0 Å². The van der Waals surface area contributed by atoms with Crippen molar-refractivity contribution in [1.82, 2.24) is 4.57 Å². The van der Waals surface area contributed by atoms with Crippen LogP contribution in [-0.4, -0.2) is 40.7 Å². The van der Waals surface area contributed by atoms with Gasteiger partial charge >= 0.3 is 18.4 Å². The van der Waals surface area contributed by atoms with Crippen LogP contribution in [0, 0.1) is 0 Å². The molecule has 1 aromatic carbocycles. The first-order valence-corrected chi connectivity index (χ1v) is 8.74. The summed E-state index contributed by atoms with van der Waals surface area (Å²) in [6.45, 7) is -2.24. The van der Waals surface area contributed by atoms with Crippen LogP contribution in [0.25, 0.3) is 11.1 Å². The molecule has 1 atom stereocenters. The molecule has 0 bridgehead atoms. The Kier molecular flexibility index (Phi) is 5.37. The van der Waals surface area contributed by atoms with Gasteiger partial charge in [0.1, 0.15) is 17.4 Å². The van der Waals surface area contributed by atoms with Gasteiger partial charge in [-0.05, 0) is 5.56 Å². The summed E-state index contributed by atoms with van der Waals surface area (Å²) in [5, 5.41) is 0.159. The Morgan fingerprint density at radius 3 is 2.38 bits per heavy atom. The minimum absolute atomic E-state index is 0.0422. The van der Waals surface area contributed by atoms with E-state index in [-0.39, 0.29) is 29.7 Å². The smallest absolute Gasteiger partial charge is 0.408 e. The number of hydrogen-bond acceptors (Lipinski definition) is 4. The summed E-state index contributed by atoms with van der Waals surface area (Å²) in [6.07, 6.45) is -7.18. The van der Waals surface area contributed by atoms with E-state index in [1.807, 2.05) is 0 Å². The molecular formula is C17H17ClF3N4O4+. The topological polar surface area (TPSA) is 110 Å². The third-order valence-corrected chi connectivity index (χ3v) is 4.84. The number of carbonyl (C=O) groups is 2. The van der Waals surface area contributed by atoms with Gasteiger partial charge in [0.15, 0.2) is 12.3 Å². The number of rotatable bonds is 4. The summed E-state index contributed by atoms with van der Waals surface area (Å²) < 4.78 is 45.0. The van der Waals surface area contributed by atoms with Crippen molar-refractivity contribution in [2.24, 2.45) is 11.5 Å². The summed E-state index contributed by atoms with van der Waals surface area (Å²) in [5.74, 6) is -0.0915. The molecule has 0 radical (unpaired) electrons. The van der Waals surface area contributed by atoms with E-state index in [9.17, 15) is 22.8 Å². The lowest BCUT2D eigenvalue weighted by Crippen LogP contribution is -2.58. The summed E-state index contributed by atoms with van der Waals surface area (Å²) in [4.78, 5) is 27.6. The van der Waals surface area contributed by atoms with E-state index in [0.29, 0.717) is 11.1 Å². The van der Waals surface area contributed by atoms with E-state index in [4.69, 9.17) is 32.6 Å². The summed E-state index contributed by atoms with van der Waals surface area (Å²) in [7, 11) is 0. The summed E-state index contributed by atoms with van der Waals surface area (Å²) in [6, 6.07) is 8.58. The second kappa shape index (κ2) is 7.48. The van der Waals surface area contributed by atoms with Crippen molar-refractivity contribution in [3.8, 4) is 16.9 Å². The lowest BCUT2D eigenvalue weighted by molar-refractivity contribution is -1.11. The first-order chi connectivity index (χ1) is 13.5. The molecule has 3 rings (SSSR count). The van der Waals surface area contributed by atoms with Gasteiger partial charge in [-0.3, -0.25) is 4.84 Å². The van der Waals surface area contributed by atoms with Crippen LogP contribution in [0.4, 0.5) is 22.8 Å². The van der Waals surface area contributed by atoms with E-state index in [2.05, 4.69) is 0 Å². The summed E-state index contributed by atoms with van der Waals surface area (Å²) >= 11 is 6.47. The molecule has 2 aromatic rings. The predicted octanol–water partition coefficient (Wildman–Crippen LogP) is 3.17. The Hall–Kier alpha value is -2.92. The van der Waals surface area contributed by atoms with Crippen LogP contribution in [0.3, 0.4) is 0 Å². The number of alkyl halides is 3. The number of fused-ring (bicyclic) bond motifs is 1. The molecule has 0 aliphatic carbocycles. The van der Waals surface area contributed by atoms with Gasteiger partial charge in [0, 0.05) is 0 Å². The van der Waals surface area contributed by atoms with Gasteiger partial charge in [-0.1, -0.05) is 41.9 Å². The van der Waals surface area contributed by atoms with Crippen molar-refractivity contribution in [3.05, 3.63) is 41.2 Å². The molecule has 1 aliphatic heterocycles. The first kappa shape index (κ1) is 20.8. The van der Waals surface area contributed by atoms with Crippen LogP contribution in [-0.2, 0) is 17.9 Å². The monoisotopic (exact) mass is 433 g/mol. The number of primary amides is 2. The minimum atomic E-state index is -4.65. The first-order valence-electron chi connectivity index (χ1n) is 8.37. The van der Waals surface area contributed by atoms with Crippen LogP contribution >= 0.6 is 11.6 Å². The zero-order valence-corrected chi connectivity index (χ0v) is 15.7. The molecule has 12 heteroatoms. The minimum Gasteiger partial charge on any atom is -0.408 e. The highest BCUT2D eigenvalue weighted by Crippen LogP contribution is 2.45. The molecule has 0 saturated carbocycles. The number of halogens is 4. The molecule has 0 saturated heterocycles. The largest absolute Gasteiger partial charge is 0.459 e. The maximum atomic E-state index is 13.2. The third kappa shape index (κ3) is 4.40. The summed E-state index contributed by atoms with van der Waals surface area (Å²) in [5.41, 5.74) is 11.2. The number of aromatic nitrogens is 1. The van der Waals surface area contributed by atoms with E-state index in [1.54, 1.807) is 30.3 Å². The SMILES string of the molecule is NC(=O)Oc1c(-c2ccccc2)c(Cl)n2c1C[N+](CC(F)(F)F)(OC(N)=O)CC2. The predicted molar refractivity (Wildman–Crippen MR) is 95.5 cm³/mol.